The Morgan fingerprint density at radius 3 is 2.74 bits per heavy atom. The van der Waals surface area contributed by atoms with Crippen LogP contribution in [-0.4, -0.2) is 16.4 Å². The number of benzene rings is 1. The Labute approximate surface area is 136 Å². The molecule has 0 saturated carbocycles. The molecule has 1 aliphatic rings. The smallest absolute Gasteiger partial charge is 0.356 e. The van der Waals surface area contributed by atoms with Gasteiger partial charge in [-0.05, 0) is 37.8 Å². The normalized spacial score (nSPS) is 20.9. The number of nitrogens with two attached hydrogens (primary N) is 1. The standard InChI is InChI=1S/C15H17ClF3N3O/c1-8(20)13-9-7-21-22(12-4-2-3-5-23-12)11(9)6-10(14(13)16)15(17,18)19/h6-8,12H,2-5,20H2,1H3/t8-,12?/m1/s1. The second-order valence-corrected chi connectivity index (χ2v) is 6.16. The first-order valence-electron chi connectivity index (χ1n) is 7.44. The van der Waals surface area contributed by atoms with Crippen molar-refractivity contribution in [2.75, 3.05) is 6.61 Å². The molecule has 3 rings (SSSR count). The molecule has 23 heavy (non-hydrogen) atoms. The van der Waals surface area contributed by atoms with Crippen molar-refractivity contribution < 1.29 is 17.9 Å². The molecule has 0 amide bonds. The zero-order valence-corrected chi connectivity index (χ0v) is 13.3. The lowest BCUT2D eigenvalue weighted by Gasteiger charge is -2.24. The van der Waals surface area contributed by atoms with Crippen molar-refractivity contribution in [3.05, 3.63) is 28.4 Å². The van der Waals surface area contributed by atoms with Gasteiger partial charge >= 0.3 is 6.18 Å². The predicted octanol–water partition coefficient (Wildman–Crippen LogP) is 4.43. The van der Waals surface area contributed by atoms with Crippen molar-refractivity contribution in [1.82, 2.24) is 9.78 Å². The van der Waals surface area contributed by atoms with Crippen LogP contribution >= 0.6 is 11.6 Å². The van der Waals surface area contributed by atoms with E-state index in [9.17, 15) is 13.2 Å². The highest BCUT2D eigenvalue weighted by molar-refractivity contribution is 6.33. The lowest BCUT2D eigenvalue weighted by Crippen LogP contribution is -2.19. The maximum atomic E-state index is 13.3. The van der Waals surface area contributed by atoms with E-state index in [1.54, 1.807) is 6.92 Å². The number of aromatic nitrogens is 2. The Morgan fingerprint density at radius 1 is 1.43 bits per heavy atom. The maximum absolute atomic E-state index is 13.3. The van der Waals surface area contributed by atoms with Crippen LogP contribution in [0.4, 0.5) is 13.2 Å². The fourth-order valence-electron chi connectivity index (χ4n) is 2.98. The fraction of sp³-hybridized carbons (Fsp3) is 0.533. The Bertz CT molecular complexity index is 721. The lowest BCUT2D eigenvalue weighted by atomic mass is 10.0. The number of ether oxygens (including phenoxy) is 1. The molecule has 2 aromatic rings. The summed E-state index contributed by atoms with van der Waals surface area (Å²) in [7, 11) is 0. The summed E-state index contributed by atoms with van der Waals surface area (Å²) in [6, 6.07) is 0.395. The largest absolute Gasteiger partial charge is 0.417 e. The molecule has 2 heterocycles. The molecule has 1 aromatic heterocycles. The summed E-state index contributed by atoms with van der Waals surface area (Å²) in [5.74, 6) is 0. The number of halogens is 4. The van der Waals surface area contributed by atoms with Gasteiger partial charge in [0.15, 0.2) is 6.23 Å². The molecule has 1 saturated heterocycles. The molecule has 1 aliphatic heterocycles. The van der Waals surface area contributed by atoms with E-state index in [-0.39, 0.29) is 16.8 Å². The highest BCUT2D eigenvalue weighted by atomic mass is 35.5. The van der Waals surface area contributed by atoms with E-state index >= 15 is 0 Å². The van der Waals surface area contributed by atoms with Crippen molar-refractivity contribution in [3.63, 3.8) is 0 Å². The molecule has 4 nitrogen and oxygen atoms in total. The molecule has 1 aromatic carbocycles. The number of fused-ring (bicyclic) bond motifs is 1. The van der Waals surface area contributed by atoms with Gasteiger partial charge in [-0.1, -0.05) is 11.6 Å². The monoisotopic (exact) mass is 347 g/mol. The first-order chi connectivity index (χ1) is 10.8. The summed E-state index contributed by atoms with van der Waals surface area (Å²) in [6.07, 6.45) is -0.791. The third kappa shape index (κ3) is 2.93. The SMILES string of the molecule is C[C@@H](N)c1c(Cl)c(C(F)(F)F)cc2c1cnn2C1CCCCO1. The van der Waals surface area contributed by atoms with Gasteiger partial charge < -0.3 is 10.5 Å². The van der Waals surface area contributed by atoms with E-state index in [2.05, 4.69) is 5.10 Å². The molecule has 2 N–H and O–H groups in total. The summed E-state index contributed by atoms with van der Waals surface area (Å²) in [4.78, 5) is 0. The number of hydrogen-bond acceptors (Lipinski definition) is 3. The Balaban J connectivity index is 2.24. The van der Waals surface area contributed by atoms with Gasteiger partial charge in [-0.25, -0.2) is 4.68 Å². The van der Waals surface area contributed by atoms with Crippen LogP contribution in [0.25, 0.3) is 10.9 Å². The summed E-state index contributed by atoms with van der Waals surface area (Å²) in [5, 5.41) is 4.41. The van der Waals surface area contributed by atoms with Gasteiger partial charge in [-0.2, -0.15) is 18.3 Å². The van der Waals surface area contributed by atoms with Crippen LogP contribution in [0.15, 0.2) is 12.3 Å². The van der Waals surface area contributed by atoms with Gasteiger partial charge in [0.2, 0.25) is 0 Å². The van der Waals surface area contributed by atoms with Crippen LogP contribution in [-0.2, 0) is 10.9 Å². The second kappa shape index (κ2) is 5.96. The fourth-order valence-corrected chi connectivity index (χ4v) is 3.42. The third-order valence-corrected chi connectivity index (χ3v) is 4.47. The zero-order chi connectivity index (χ0) is 16.8. The molecule has 1 fully saturated rings. The van der Waals surface area contributed by atoms with Crippen LogP contribution in [0.3, 0.4) is 0 Å². The molecular weight excluding hydrogens is 331 g/mol. The van der Waals surface area contributed by atoms with E-state index in [0.29, 0.717) is 23.9 Å². The highest BCUT2D eigenvalue weighted by Gasteiger charge is 2.36. The molecule has 0 bridgehead atoms. The van der Waals surface area contributed by atoms with Gasteiger partial charge in [-0.15, -0.1) is 0 Å². The molecule has 126 valence electrons. The minimum absolute atomic E-state index is 0.263. The van der Waals surface area contributed by atoms with Gasteiger partial charge in [0.25, 0.3) is 0 Å². The molecule has 0 aliphatic carbocycles. The van der Waals surface area contributed by atoms with Gasteiger partial charge in [-0.3, -0.25) is 0 Å². The Morgan fingerprint density at radius 2 is 2.17 bits per heavy atom. The van der Waals surface area contributed by atoms with E-state index in [0.717, 1.165) is 18.9 Å². The molecular formula is C15H17ClF3N3O. The molecule has 0 spiro atoms. The Kier molecular flexibility index (Phi) is 4.29. The number of alkyl halides is 3. The number of rotatable bonds is 2. The molecule has 0 radical (unpaired) electrons. The number of hydrogen-bond donors (Lipinski definition) is 1. The third-order valence-electron chi connectivity index (χ3n) is 4.07. The summed E-state index contributed by atoms with van der Waals surface area (Å²) >= 11 is 5.99. The maximum Gasteiger partial charge on any atom is 0.417 e. The first-order valence-corrected chi connectivity index (χ1v) is 7.82. The lowest BCUT2D eigenvalue weighted by molar-refractivity contribution is -0.137. The summed E-state index contributed by atoms with van der Waals surface area (Å²) < 4.78 is 47.1. The van der Waals surface area contributed by atoms with Crippen molar-refractivity contribution >= 4 is 22.5 Å². The summed E-state index contributed by atoms with van der Waals surface area (Å²) in [6.45, 7) is 2.18. The van der Waals surface area contributed by atoms with Crippen molar-refractivity contribution in [3.8, 4) is 0 Å². The van der Waals surface area contributed by atoms with Gasteiger partial charge in [0.05, 0.1) is 22.3 Å². The average Bonchev–Trinajstić information content (AvgIpc) is 2.89. The quantitative estimate of drug-likeness (QED) is 0.874. The topological polar surface area (TPSA) is 53.1 Å². The average molecular weight is 348 g/mol. The van der Waals surface area contributed by atoms with Crippen molar-refractivity contribution in [2.24, 2.45) is 5.73 Å². The van der Waals surface area contributed by atoms with Crippen molar-refractivity contribution in [1.29, 1.82) is 0 Å². The minimum Gasteiger partial charge on any atom is -0.356 e. The van der Waals surface area contributed by atoms with E-state index in [1.165, 1.54) is 10.9 Å². The minimum atomic E-state index is -4.56. The van der Waals surface area contributed by atoms with Crippen LogP contribution in [0.2, 0.25) is 5.02 Å². The molecule has 2 atom stereocenters. The van der Waals surface area contributed by atoms with E-state index in [1.807, 2.05) is 0 Å². The number of nitrogens with zero attached hydrogens (tertiary/aromatic N) is 2. The summed E-state index contributed by atoms with van der Waals surface area (Å²) in [5.41, 5.74) is 5.58. The first kappa shape index (κ1) is 16.5. The van der Waals surface area contributed by atoms with Gasteiger partial charge in [0.1, 0.15) is 0 Å². The van der Waals surface area contributed by atoms with Gasteiger partial charge in [0, 0.05) is 18.0 Å². The molecule has 1 unspecified atom stereocenters. The predicted molar refractivity (Wildman–Crippen MR) is 81.2 cm³/mol. The molecule has 8 heteroatoms. The second-order valence-electron chi connectivity index (χ2n) is 5.78. The van der Waals surface area contributed by atoms with Crippen LogP contribution in [0, 0.1) is 0 Å². The van der Waals surface area contributed by atoms with Crippen LogP contribution in [0.5, 0.6) is 0 Å². The Hall–Kier alpha value is -1.31. The van der Waals surface area contributed by atoms with E-state index in [4.69, 9.17) is 22.1 Å². The van der Waals surface area contributed by atoms with E-state index < -0.39 is 17.8 Å². The van der Waals surface area contributed by atoms with Crippen molar-refractivity contribution in [2.45, 2.75) is 44.6 Å². The van der Waals surface area contributed by atoms with Crippen LogP contribution < -0.4 is 5.73 Å². The van der Waals surface area contributed by atoms with Crippen LogP contribution in [0.1, 0.15) is 49.6 Å². The highest BCUT2D eigenvalue weighted by Crippen LogP contribution is 2.42. The zero-order valence-electron chi connectivity index (χ0n) is 12.5.